The smallest absolute Gasteiger partial charge is 0.306 e. The number of anilines is 1. The fourth-order valence-corrected chi connectivity index (χ4v) is 2.34. The molecule has 0 aliphatic rings. The van der Waals surface area contributed by atoms with Crippen LogP contribution in [0.3, 0.4) is 0 Å². The van der Waals surface area contributed by atoms with Gasteiger partial charge in [-0.05, 0) is 55.3 Å². The van der Waals surface area contributed by atoms with Gasteiger partial charge in [0.1, 0.15) is 17.3 Å². The van der Waals surface area contributed by atoms with Gasteiger partial charge in [0.15, 0.2) is 6.10 Å². The first-order chi connectivity index (χ1) is 12.9. The number of rotatable bonds is 8. The molecule has 0 saturated heterocycles. The Labute approximate surface area is 157 Å². The summed E-state index contributed by atoms with van der Waals surface area (Å²) < 4.78 is 28.4. The van der Waals surface area contributed by atoms with Gasteiger partial charge in [0.05, 0.1) is 14.2 Å². The van der Waals surface area contributed by atoms with Crippen molar-refractivity contribution in [1.82, 2.24) is 0 Å². The Morgan fingerprint density at radius 2 is 1.63 bits per heavy atom. The molecule has 0 saturated carbocycles. The Hall–Kier alpha value is -3.09. The summed E-state index contributed by atoms with van der Waals surface area (Å²) in [4.78, 5) is 24.1. The average molecular weight is 375 g/mol. The second kappa shape index (κ2) is 9.56. The van der Waals surface area contributed by atoms with Crippen molar-refractivity contribution in [3.63, 3.8) is 0 Å². The Bertz CT molecular complexity index is 769. The molecule has 0 spiro atoms. The van der Waals surface area contributed by atoms with Crippen LogP contribution in [0.15, 0.2) is 42.5 Å². The largest absolute Gasteiger partial charge is 0.497 e. The summed E-state index contributed by atoms with van der Waals surface area (Å²) in [6, 6.07) is 10.7. The second-order valence-corrected chi connectivity index (χ2v) is 5.85. The summed E-state index contributed by atoms with van der Waals surface area (Å²) in [7, 11) is 3.10. The van der Waals surface area contributed by atoms with E-state index in [0.717, 1.165) is 5.56 Å². The van der Waals surface area contributed by atoms with E-state index in [2.05, 4.69) is 5.32 Å². The lowest BCUT2D eigenvalue weighted by molar-refractivity contribution is -0.153. The molecule has 2 rings (SSSR count). The average Bonchev–Trinajstić information content (AvgIpc) is 2.67. The molecular weight excluding hydrogens is 353 g/mol. The van der Waals surface area contributed by atoms with E-state index in [1.807, 2.05) is 0 Å². The summed E-state index contributed by atoms with van der Waals surface area (Å²) in [5.74, 6) is -0.132. The van der Waals surface area contributed by atoms with E-state index in [1.54, 1.807) is 32.4 Å². The highest BCUT2D eigenvalue weighted by Gasteiger charge is 2.18. The first-order valence-corrected chi connectivity index (χ1v) is 8.39. The molecule has 0 aliphatic carbocycles. The molecular formula is C20H22FNO5. The number of hydrogen-bond acceptors (Lipinski definition) is 5. The number of esters is 1. The number of amides is 1. The molecule has 2 aromatic rings. The SMILES string of the molecule is COc1cc(CCC(=O)O[C@H](C)C(=O)Nc2ccc(F)cc2)cc(OC)c1. The molecule has 144 valence electrons. The van der Waals surface area contributed by atoms with Gasteiger partial charge in [0, 0.05) is 18.2 Å². The monoisotopic (exact) mass is 375 g/mol. The van der Waals surface area contributed by atoms with Gasteiger partial charge >= 0.3 is 5.97 Å². The number of benzene rings is 2. The van der Waals surface area contributed by atoms with Crippen LogP contribution in [0.25, 0.3) is 0 Å². The van der Waals surface area contributed by atoms with E-state index < -0.39 is 23.8 Å². The Balaban J connectivity index is 1.85. The topological polar surface area (TPSA) is 73.9 Å². The highest BCUT2D eigenvalue weighted by atomic mass is 19.1. The van der Waals surface area contributed by atoms with Gasteiger partial charge in [-0.15, -0.1) is 0 Å². The number of nitrogens with one attached hydrogen (secondary N) is 1. The van der Waals surface area contributed by atoms with Crippen LogP contribution >= 0.6 is 0 Å². The number of hydrogen-bond donors (Lipinski definition) is 1. The number of methoxy groups -OCH3 is 2. The molecule has 2 aromatic carbocycles. The second-order valence-electron chi connectivity index (χ2n) is 5.85. The van der Waals surface area contributed by atoms with Crippen LogP contribution in [0.2, 0.25) is 0 Å². The minimum atomic E-state index is -0.970. The van der Waals surface area contributed by atoms with Crippen LogP contribution in [-0.2, 0) is 20.7 Å². The molecule has 0 unspecified atom stereocenters. The fraction of sp³-hybridized carbons (Fsp3) is 0.300. The highest BCUT2D eigenvalue weighted by molar-refractivity contribution is 5.95. The van der Waals surface area contributed by atoms with Crippen molar-refractivity contribution in [3.05, 3.63) is 53.8 Å². The number of carbonyl (C=O) groups excluding carboxylic acids is 2. The van der Waals surface area contributed by atoms with Gasteiger partial charge < -0.3 is 19.5 Å². The number of aryl methyl sites for hydroxylation is 1. The highest BCUT2D eigenvalue weighted by Crippen LogP contribution is 2.23. The quantitative estimate of drug-likeness (QED) is 0.717. The first-order valence-electron chi connectivity index (χ1n) is 8.39. The van der Waals surface area contributed by atoms with Gasteiger partial charge in [0.25, 0.3) is 5.91 Å². The lowest BCUT2D eigenvalue weighted by Crippen LogP contribution is -2.30. The number of carbonyl (C=O) groups is 2. The normalized spacial score (nSPS) is 11.4. The van der Waals surface area contributed by atoms with E-state index in [4.69, 9.17) is 14.2 Å². The van der Waals surface area contributed by atoms with Gasteiger partial charge in [-0.3, -0.25) is 9.59 Å². The van der Waals surface area contributed by atoms with Crippen molar-refractivity contribution in [2.24, 2.45) is 0 Å². The van der Waals surface area contributed by atoms with Crippen molar-refractivity contribution in [2.45, 2.75) is 25.9 Å². The molecule has 6 nitrogen and oxygen atoms in total. The van der Waals surface area contributed by atoms with E-state index >= 15 is 0 Å². The van der Waals surface area contributed by atoms with Crippen LogP contribution in [0.4, 0.5) is 10.1 Å². The minimum Gasteiger partial charge on any atom is -0.497 e. The molecule has 1 N–H and O–H groups in total. The number of halogens is 1. The Morgan fingerprint density at radius 3 is 2.19 bits per heavy atom. The van der Waals surface area contributed by atoms with Crippen LogP contribution < -0.4 is 14.8 Å². The molecule has 0 aliphatic heterocycles. The maximum atomic E-state index is 12.9. The summed E-state index contributed by atoms with van der Waals surface area (Å²) in [5.41, 5.74) is 1.28. The van der Waals surface area contributed by atoms with Gasteiger partial charge in [-0.25, -0.2) is 4.39 Å². The third-order valence-electron chi connectivity index (χ3n) is 3.82. The van der Waals surface area contributed by atoms with Crippen LogP contribution in [0, 0.1) is 5.82 Å². The molecule has 0 aromatic heterocycles. The molecule has 1 atom stereocenters. The van der Waals surface area contributed by atoms with E-state index in [9.17, 15) is 14.0 Å². The number of ether oxygens (including phenoxy) is 3. The minimum absolute atomic E-state index is 0.102. The third-order valence-corrected chi connectivity index (χ3v) is 3.82. The lowest BCUT2D eigenvalue weighted by Gasteiger charge is -2.14. The van der Waals surface area contributed by atoms with Crippen molar-refractivity contribution >= 4 is 17.6 Å². The van der Waals surface area contributed by atoms with E-state index in [-0.39, 0.29) is 6.42 Å². The van der Waals surface area contributed by atoms with Crippen LogP contribution in [-0.4, -0.2) is 32.2 Å². The predicted octanol–water partition coefficient (Wildman–Crippen LogP) is 3.35. The maximum absolute atomic E-state index is 12.9. The maximum Gasteiger partial charge on any atom is 0.306 e. The first kappa shape index (κ1) is 20.2. The lowest BCUT2D eigenvalue weighted by atomic mass is 10.1. The zero-order chi connectivity index (χ0) is 19.8. The third kappa shape index (κ3) is 6.29. The Kier molecular flexibility index (Phi) is 7.16. The van der Waals surface area contributed by atoms with Crippen LogP contribution in [0.1, 0.15) is 18.9 Å². The fourth-order valence-electron chi connectivity index (χ4n) is 2.34. The van der Waals surface area contributed by atoms with Gasteiger partial charge in [-0.2, -0.15) is 0 Å². The van der Waals surface area contributed by atoms with Gasteiger partial charge in [-0.1, -0.05) is 0 Å². The molecule has 0 fully saturated rings. The van der Waals surface area contributed by atoms with E-state index in [0.29, 0.717) is 23.6 Å². The van der Waals surface area contributed by atoms with Crippen LogP contribution in [0.5, 0.6) is 11.5 Å². The molecule has 0 radical (unpaired) electrons. The van der Waals surface area contributed by atoms with Crippen molar-refractivity contribution in [3.8, 4) is 11.5 Å². The molecule has 0 bridgehead atoms. The van der Waals surface area contributed by atoms with E-state index in [1.165, 1.54) is 31.2 Å². The van der Waals surface area contributed by atoms with Crippen molar-refractivity contribution < 1.29 is 28.2 Å². The zero-order valence-corrected chi connectivity index (χ0v) is 15.5. The molecule has 1 amide bonds. The zero-order valence-electron chi connectivity index (χ0n) is 15.5. The predicted molar refractivity (Wildman–Crippen MR) is 98.5 cm³/mol. The van der Waals surface area contributed by atoms with Crippen molar-refractivity contribution in [1.29, 1.82) is 0 Å². The summed E-state index contributed by atoms with van der Waals surface area (Å²) >= 11 is 0. The van der Waals surface area contributed by atoms with Crippen molar-refractivity contribution in [2.75, 3.05) is 19.5 Å². The summed E-state index contributed by atoms with van der Waals surface area (Å²) in [6.45, 7) is 1.48. The Morgan fingerprint density at radius 1 is 1.04 bits per heavy atom. The summed E-state index contributed by atoms with van der Waals surface area (Å²) in [5, 5.41) is 2.56. The molecule has 27 heavy (non-hydrogen) atoms. The molecule has 7 heteroatoms. The summed E-state index contributed by atoms with van der Waals surface area (Å²) in [6.07, 6.45) is -0.453. The molecule has 0 heterocycles. The standard InChI is InChI=1S/C20H22FNO5/c1-13(20(24)22-16-7-5-15(21)6-8-16)27-19(23)9-4-14-10-17(25-2)12-18(11-14)26-3/h5-8,10-13H,4,9H2,1-3H3,(H,22,24)/t13-/m1/s1. The van der Waals surface area contributed by atoms with Gasteiger partial charge in [0.2, 0.25) is 0 Å².